The fourth-order valence-electron chi connectivity index (χ4n) is 1.68. The van der Waals surface area contributed by atoms with Crippen molar-refractivity contribution in [3.63, 3.8) is 0 Å². The number of carbonyl (C=O) groups is 2. The number of carboxylic acid groups (broad SMARTS) is 1. The summed E-state index contributed by atoms with van der Waals surface area (Å²) >= 11 is 5.84. The molecule has 1 amide bonds. The van der Waals surface area contributed by atoms with Crippen LogP contribution in [-0.4, -0.2) is 54.8 Å². The van der Waals surface area contributed by atoms with Gasteiger partial charge in [-0.25, -0.2) is 0 Å². The first kappa shape index (κ1) is 17.3. The number of ether oxygens (including phenoxy) is 2. The molecule has 0 bridgehead atoms. The topological polar surface area (TPSA) is 76.1 Å². The third kappa shape index (κ3) is 6.01. The molecule has 0 spiro atoms. The maximum atomic E-state index is 12.2. The molecule has 0 radical (unpaired) electrons. The SMILES string of the molecule is COCCN(CC(=O)O)C(=O)C(C)Oc1cccc(Cl)c1. The summed E-state index contributed by atoms with van der Waals surface area (Å²) in [6.45, 7) is 1.60. The minimum atomic E-state index is -1.09. The van der Waals surface area contributed by atoms with Crippen LogP contribution < -0.4 is 4.74 Å². The van der Waals surface area contributed by atoms with Crippen LogP contribution in [-0.2, 0) is 14.3 Å². The highest BCUT2D eigenvalue weighted by Gasteiger charge is 2.23. The van der Waals surface area contributed by atoms with E-state index in [4.69, 9.17) is 26.2 Å². The Labute approximate surface area is 128 Å². The Hall–Kier alpha value is -1.79. The molecule has 7 heteroatoms. The molecule has 1 atom stereocenters. The van der Waals surface area contributed by atoms with Crippen molar-refractivity contribution < 1.29 is 24.2 Å². The third-order valence-corrected chi connectivity index (χ3v) is 2.89. The van der Waals surface area contributed by atoms with Crippen molar-refractivity contribution in [2.24, 2.45) is 0 Å². The van der Waals surface area contributed by atoms with Crippen molar-refractivity contribution >= 4 is 23.5 Å². The summed E-state index contributed by atoms with van der Waals surface area (Å²) < 4.78 is 10.4. The highest BCUT2D eigenvalue weighted by molar-refractivity contribution is 6.30. The van der Waals surface area contributed by atoms with E-state index in [-0.39, 0.29) is 13.2 Å². The van der Waals surface area contributed by atoms with Gasteiger partial charge in [0.05, 0.1) is 6.61 Å². The Balaban J connectivity index is 2.70. The molecule has 1 aromatic carbocycles. The number of rotatable bonds is 8. The van der Waals surface area contributed by atoms with Crippen LogP contribution in [0.2, 0.25) is 5.02 Å². The van der Waals surface area contributed by atoms with Gasteiger partial charge in [-0.15, -0.1) is 0 Å². The average molecular weight is 316 g/mol. The lowest BCUT2D eigenvalue weighted by molar-refractivity contribution is -0.148. The van der Waals surface area contributed by atoms with Gasteiger partial charge in [-0.05, 0) is 25.1 Å². The van der Waals surface area contributed by atoms with E-state index in [0.29, 0.717) is 10.8 Å². The molecule has 0 aromatic heterocycles. The minimum Gasteiger partial charge on any atom is -0.481 e. The lowest BCUT2D eigenvalue weighted by atomic mass is 10.3. The molecule has 21 heavy (non-hydrogen) atoms. The third-order valence-electron chi connectivity index (χ3n) is 2.66. The molecule has 1 aromatic rings. The lowest BCUT2D eigenvalue weighted by Gasteiger charge is -2.24. The first-order chi connectivity index (χ1) is 9.93. The Bertz CT molecular complexity index is 494. The molecule has 0 fully saturated rings. The largest absolute Gasteiger partial charge is 0.481 e. The molecule has 1 N–H and O–H groups in total. The summed E-state index contributed by atoms with van der Waals surface area (Å²) in [5, 5.41) is 9.34. The summed E-state index contributed by atoms with van der Waals surface area (Å²) in [7, 11) is 1.48. The molecular weight excluding hydrogens is 298 g/mol. The van der Waals surface area contributed by atoms with E-state index >= 15 is 0 Å². The van der Waals surface area contributed by atoms with E-state index < -0.39 is 24.5 Å². The first-order valence-corrected chi connectivity index (χ1v) is 6.73. The maximum Gasteiger partial charge on any atom is 0.323 e. The van der Waals surface area contributed by atoms with Crippen molar-refractivity contribution in [2.45, 2.75) is 13.0 Å². The van der Waals surface area contributed by atoms with Gasteiger partial charge in [0, 0.05) is 18.7 Å². The molecule has 1 rings (SSSR count). The average Bonchev–Trinajstić information content (AvgIpc) is 2.42. The van der Waals surface area contributed by atoms with Gasteiger partial charge in [-0.1, -0.05) is 17.7 Å². The van der Waals surface area contributed by atoms with Gasteiger partial charge in [-0.2, -0.15) is 0 Å². The van der Waals surface area contributed by atoms with Crippen LogP contribution in [0, 0.1) is 0 Å². The maximum absolute atomic E-state index is 12.2. The fraction of sp³-hybridized carbons (Fsp3) is 0.429. The Morgan fingerprint density at radius 1 is 1.43 bits per heavy atom. The fourth-order valence-corrected chi connectivity index (χ4v) is 1.86. The van der Waals surface area contributed by atoms with Crippen molar-refractivity contribution in [3.8, 4) is 5.75 Å². The molecule has 0 saturated heterocycles. The second kappa shape index (κ2) is 8.49. The number of amides is 1. The molecule has 0 heterocycles. The van der Waals surface area contributed by atoms with Crippen LogP contribution in [0.25, 0.3) is 0 Å². The van der Waals surface area contributed by atoms with Crippen LogP contribution in [0.3, 0.4) is 0 Å². The van der Waals surface area contributed by atoms with E-state index in [2.05, 4.69) is 0 Å². The van der Waals surface area contributed by atoms with Gasteiger partial charge >= 0.3 is 5.97 Å². The zero-order chi connectivity index (χ0) is 15.8. The van der Waals surface area contributed by atoms with Crippen LogP contribution in [0.1, 0.15) is 6.92 Å². The monoisotopic (exact) mass is 315 g/mol. The number of aliphatic carboxylic acids is 1. The summed E-state index contributed by atoms with van der Waals surface area (Å²) in [6, 6.07) is 6.65. The highest BCUT2D eigenvalue weighted by atomic mass is 35.5. The normalized spacial score (nSPS) is 11.8. The minimum absolute atomic E-state index is 0.185. The number of nitrogens with zero attached hydrogens (tertiary/aromatic N) is 1. The Morgan fingerprint density at radius 2 is 2.14 bits per heavy atom. The van der Waals surface area contributed by atoms with Crippen LogP contribution in [0.5, 0.6) is 5.75 Å². The Morgan fingerprint density at radius 3 is 2.71 bits per heavy atom. The van der Waals surface area contributed by atoms with Gasteiger partial charge < -0.3 is 19.5 Å². The van der Waals surface area contributed by atoms with Crippen molar-refractivity contribution in [1.29, 1.82) is 0 Å². The Kier molecular flexibility index (Phi) is 6.98. The van der Waals surface area contributed by atoms with E-state index in [1.54, 1.807) is 31.2 Å². The van der Waals surface area contributed by atoms with Crippen LogP contribution >= 0.6 is 11.6 Å². The van der Waals surface area contributed by atoms with Gasteiger partial charge in [0.1, 0.15) is 12.3 Å². The smallest absolute Gasteiger partial charge is 0.323 e. The standard InChI is InChI=1S/C14H18ClNO5/c1-10(21-12-5-3-4-11(15)8-12)14(19)16(6-7-20-2)9-13(17)18/h3-5,8,10H,6-7,9H2,1-2H3,(H,17,18). The first-order valence-electron chi connectivity index (χ1n) is 6.35. The molecule has 0 aliphatic rings. The number of carboxylic acids is 1. The highest BCUT2D eigenvalue weighted by Crippen LogP contribution is 2.18. The number of methoxy groups -OCH3 is 1. The molecule has 116 valence electrons. The number of carbonyl (C=O) groups excluding carboxylic acids is 1. The molecular formula is C14H18ClNO5. The van der Waals surface area contributed by atoms with Gasteiger partial charge in [0.15, 0.2) is 6.10 Å². The van der Waals surface area contributed by atoms with E-state index in [0.717, 1.165) is 0 Å². The van der Waals surface area contributed by atoms with Crippen molar-refractivity contribution in [3.05, 3.63) is 29.3 Å². The number of halogens is 1. The number of benzene rings is 1. The van der Waals surface area contributed by atoms with Crippen molar-refractivity contribution in [1.82, 2.24) is 4.90 Å². The van der Waals surface area contributed by atoms with E-state index in [1.165, 1.54) is 12.0 Å². The van der Waals surface area contributed by atoms with Gasteiger partial charge in [0.2, 0.25) is 0 Å². The molecule has 6 nitrogen and oxygen atoms in total. The van der Waals surface area contributed by atoms with Crippen LogP contribution in [0.15, 0.2) is 24.3 Å². The van der Waals surface area contributed by atoms with Crippen molar-refractivity contribution in [2.75, 3.05) is 26.8 Å². The molecule has 0 aliphatic carbocycles. The number of hydrogen-bond donors (Lipinski definition) is 1. The van der Waals surface area contributed by atoms with E-state index in [9.17, 15) is 9.59 Å². The molecule has 0 saturated carbocycles. The van der Waals surface area contributed by atoms with E-state index in [1.807, 2.05) is 0 Å². The summed E-state index contributed by atoms with van der Waals surface area (Å²) in [4.78, 5) is 24.2. The predicted octanol–water partition coefficient (Wildman–Crippen LogP) is 1.67. The quantitative estimate of drug-likeness (QED) is 0.789. The second-order valence-electron chi connectivity index (χ2n) is 4.36. The summed E-state index contributed by atoms with van der Waals surface area (Å²) in [6.07, 6.45) is -0.820. The molecule has 0 aliphatic heterocycles. The second-order valence-corrected chi connectivity index (χ2v) is 4.80. The van der Waals surface area contributed by atoms with Gasteiger partial charge in [-0.3, -0.25) is 9.59 Å². The summed E-state index contributed by atoms with van der Waals surface area (Å²) in [5.41, 5.74) is 0. The van der Waals surface area contributed by atoms with Crippen LogP contribution in [0.4, 0.5) is 0 Å². The lowest BCUT2D eigenvalue weighted by Crippen LogP contribution is -2.44. The number of hydrogen-bond acceptors (Lipinski definition) is 4. The summed E-state index contributed by atoms with van der Waals surface area (Å²) in [5.74, 6) is -1.06. The van der Waals surface area contributed by atoms with Gasteiger partial charge in [0.25, 0.3) is 5.91 Å². The molecule has 1 unspecified atom stereocenters. The zero-order valence-electron chi connectivity index (χ0n) is 11.9. The predicted molar refractivity (Wildman–Crippen MR) is 77.6 cm³/mol. The zero-order valence-corrected chi connectivity index (χ0v) is 12.7.